The Morgan fingerprint density at radius 1 is 1.12 bits per heavy atom. The highest BCUT2D eigenvalue weighted by Gasteiger charge is 2.38. The van der Waals surface area contributed by atoms with Gasteiger partial charge >= 0.3 is 5.97 Å². The lowest BCUT2D eigenvalue weighted by molar-refractivity contribution is -0.160. The van der Waals surface area contributed by atoms with Crippen molar-refractivity contribution in [1.29, 1.82) is 0 Å². The first-order chi connectivity index (χ1) is 11.2. The highest BCUT2D eigenvalue weighted by molar-refractivity contribution is 6.21. The maximum atomic E-state index is 12.5. The van der Waals surface area contributed by atoms with Gasteiger partial charge in [-0.15, -0.1) is 0 Å². The number of rotatable bonds is 6. The molecule has 0 saturated heterocycles. The Morgan fingerprint density at radius 2 is 1.67 bits per heavy atom. The molecular weight excluding hydrogens is 306 g/mol. The molecule has 1 heterocycles. The van der Waals surface area contributed by atoms with Gasteiger partial charge in [0.1, 0.15) is 5.60 Å². The Kier molecular flexibility index (Phi) is 5.42. The summed E-state index contributed by atoms with van der Waals surface area (Å²) in [5, 5.41) is 0. The topological polar surface area (TPSA) is 63.7 Å². The standard InChI is InChI=1S/C19H25NO4/c1-5-6-9-13(18(23)24-19(2,3)4)12-20-16(21)14-10-7-8-11-15(14)17(20)22/h7-8,10-11,13H,5-6,9,12H2,1-4H3. The van der Waals surface area contributed by atoms with Crippen molar-refractivity contribution in [2.75, 3.05) is 6.54 Å². The van der Waals surface area contributed by atoms with E-state index in [-0.39, 0.29) is 24.3 Å². The van der Waals surface area contributed by atoms with Gasteiger partial charge in [-0.2, -0.15) is 0 Å². The third-order valence-electron chi connectivity index (χ3n) is 3.93. The van der Waals surface area contributed by atoms with Crippen LogP contribution in [0.15, 0.2) is 24.3 Å². The molecular formula is C19H25NO4. The maximum Gasteiger partial charge on any atom is 0.311 e. The second-order valence-electron chi connectivity index (χ2n) is 7.14. The van der Waals surface area contributed by atoms with E-state index in [0.29, 0.717) is 17.5 Å². The van der Waals surface area contributed by atoms with Crippen LogP contribution >= 0.6 is 0 Å². The van der Waals surface area contributed by atoms with Gasteiger partial charge in [-0.3, -0.25) is 19.3 Å². The molecule has 1 aliphatic heterocycles. The predicted octanol–water partition coefficient (Wildman–Crippen LogP) is 3.43. The zero-order valence-electron chi connectivity index (χ0n) is 14.8. The molecule has 0 aliphatic carbocycles. The van der Waals surface area contributed by atoms with Gasteiger partial charge in [0, 0.05) is 6.54 Å². The number of benzene rings is 1. The van der Waals surface area contributed by atoms with Crippen LogP contribution in [0.2, 0.25) is 0 Å². The van der Waals surface area contributed by atoms with Gasteiger partial charge in [-0.25, -0.2) is 0 Å². The minimum absolute atomic E-state index is 0.0707. The highest BCUT2D eigenvalue weighted by Crippen LogP contribution is 2.25. The molecule has 0 fully saturated rings. The molecule has 0 bridgehead atoms. The first-order valence-electron chi connectivity index (χ1n) is 8.42. The van der Waals surface area contributed by atoms with E-state index < -0.39 is 11.5 Å². The molecule has 0 N–H and O–H groups in total. The first-order valence-corrected chi connectivity index (χ1v) is 8.42. The summed E-state index contributed by atoms with van der Waals surface area (Å²) in [5.74, 6) is -1.51. The average molecular weight is 331 g/mol. The summed E-state index contributed by atoms with van der Waals surface area (Å²) in [6, 6.07) is 6.75. The Hall–Kier alpha value is -2.17. The number of hydrogen-bond donors (Lipinski definition) is 0. The van der Waals surface area contributed by atoms with E-state index in [1.807, 2.05) is 27.7 Å². The fraction of sp³-hybridized carbons (Fsp3) is 0.526. The molecule has 0 saturated carbocycles. The van der Waals surface area contributed by atoms with Crippen LogP contribution in [0.1, 0.15) is 67.7 Å². The van der Waals surface area contributed by atoms with Crippen molar-refractivity contribution in [3.63, 3.8) is 0 Å². The summed E-state index contributed by atoms with van der Waals surface area (Å²) < 4.78 is 5.47. The second-order valence-corrected chi connectivity index (χ2v) is 7.14. The lowest BCUT2D eigenvalue weighted by Crippen LogP contribution is -2.39. The summed E-state index contributed by atoms with van der Waals surface area (Å²) in [7, 11) is 0. The monoisotopic (exact) mass is 331 g/mol. The Labute approximate surface area is 143 Å². The Balaban J connectivity index is 2.17. The van der Waals surface area contributed by atoms with Crippen LogP contribution in [0.3, 0.4) is 0 Å². The zero-order chi connectivity index (χ0) is 17.9. The van der Waals surface area contributed by atoms with Crippen molar-refractivity contribution in [2.45, 2.75) is 52.6 Å². The molecule has 1 aromatic rings. The lowest BCUT2D eigenvalue weighted by atomic mass is 10.0. The molecule has 5 nitrogen and oxygen atoms in total. The summed E-state index contributed by atoms with van der Waals surface area (Å²) >= 11 is 0. The Morgan fingerprint density at radius 3 is 2.12 bits per heavy atom. The first kappa shape index (κ1) is 18.2. The second kappa shape index (κ2) is 7.16. The van der Waals surface area contributed by atoms with E-state index in [2.05, 4.69) is 0 Å². The number of unbranched alkanes of at least 4 members (excludes halogenated alkanes) is 1. The van der Waals surface area contributed by atoms with E-state index in [4.69, 9.17) is 4.74 Å². The van der Waals surface area contributed by atoms with Crippen molar-refractivity contribution in [2.24, 2.45) is 5.92 Å². The largest absolute Gasteiger partial charge is 0.460 e. The molecule has 1 atom stereocenters. The van der Waals surface area contributed by atoms with Gasteiger partial charge in [0.25, 0.3) is 11.8 Å². The van der Waals surface area contributed by atoms with E-state index in [1.165, 1.54) is 4.90 Å². The molecule has 2 rings (SSSR count). The quantitative estimate of drug-likeness (QED) is 0.592. The molecule has 5 heteroatoms. The average Bonchev–Trinajstić information content (AvgIpc) is 2.74. The SMILES string of the molecule is CCCCC(CN1C(=O)c2ccccc2C1=O)C(=O)OC(C)(C)C. The van der Waals surface area contributed by atoms with Crippen molar-refractivity contribution in [1.82, 2.24) is 4.90 Å². The molecule has 24 heavy (non-hydrogen) atoms. The summed E-state index contributed by atoms with van der Waals surface area (Å²) in [4.78, 5) is 38.6. The minimum Gasteiger partial charge on any atom is -0.460 e. The predicted molar refractivity (Wildman–Crippen MR) is 90.7 cm³/mol. The number of ether oxygens (including phenoxy) is 1. The number of carbonyl (C=O) groups excluding carboxylic acids is 3. The van der Waals surface area contributed by atoms with Crippen molar-refractivity contribution in [3.05, 3.63) is 35.4 Å². The number of esters is 1. The summed E-state index contributed by atoms with van der Waals surface area (Å²) in [6.45, 7) is 7.53. The summed E-state index contributed by atoms with van der Waals surface area (Å²) in [6.07, 6.45) is 2.37. The molecule has 2 amide bonds. The molecule has 1 aliphatic rings. The van der Waals surface area contributed by atoms with Crippen LogP contribution in [0.5, 0.6) is 0 Å². The normalized spacial score (nSPS) is 15.4. The minimum atomic E-state index is -0.594. The number of amides is 2. The number of fused-ring (bicyclic) bond motifs is 1. The number of hydrogen-bond acceptors (Lipinski definition) is 4. The van der Waals surface area contributed by atoms with Gasteiger partial charge in [0.05, 0.1) is 17.0 Å². The lowest BCUT2D eigenvalue weighted by Gasteiger charge is -2.26. The van der Waals surface area contributed by atoms with Gasteiger partial charge in [0.15, 0.2) is 0 Å². The third kappa shape index (κ3) is 4.02. The molecule has 130 valence electrons. The van der Waals surface area contributed by atoms with Crippen LogP contribution < -0.4 is 0 Å². The van der Waals surface area contributed by atoms with Crippen LogP contribution in [0, 0.1) is 5.92 Å². The maximum absolute atomic E-state index is 12.5. The van der Waals surface area contributed by atoms with Crippen LogP contribution in [0.25, 0.3) is 0 Å². The van der Waals surface area contributed by atoms with Gasteiger partial charge in [-0.05, 0) is 39.3 Å². The van der Waals surface area contributed by atoms with E-state index >= 15 is 0 Å². The Bertz CT molecular complexity index is 610. The smallest absolute Gasteiger partial charge is 0.311 e. The summed E-state index contributed by atoms with van der Waals surface area (Å²) in [5.41, 5.74) is 0.214. The molecule has 1 aromatic carbocycles. The fourth-order valence-corrected chi connectivity index (χ4v) is 2.74. The molecule has 0 spiro atoms. The van der Waals surface area contributed by atoms with Gasteiger partial charge < -0.3 is 4.74 Å². The van der Waals surface area contributed by atoms with Gasteiger partial charge in [-0.1, -0.05) is 31.9 Å². The number of carbonyl (C=O) groups is 3. The molecule has 1 unspecified atom stereocenters. The fourth-order valence-electron chi connectivity index (χ4n) is 2.74. The van der Waals surface area contributed by atoms with E-state index in [9.17, 15) is 14.4 Å². The van der Waals surface area contributed by atoms with E-state index in [0.717, 1.165) is 12.8 Å². The molecule has 0 radical (unpaired) electrons. The van der Waals surface area contributed by atoms with Crippen molar-refractivity contribution in [3.8, 4) is 0 Å². The van der Waals surface area contributed by atoms with Crippen LogP contribution in [-0.4, -0.2) is 34.8 Å². The number of imide groups is 1. The van der Waals surface area contributed by atoms with Crippen molar-refractivity contribution < 1.29 is 19.1 Å². The number of nitrogens with zero attached hydrogens (tertiary/aromatic N) is 1. The van der Waals surface area contributed by atoms with Gasteiger partial charge in [0.2, 0.25) is 0 Å². The van der Waals surface area contributed by atoms with Crippen LogP contribution in [-0.2, 0) is 9.53 Å². The van der Waals surface area contributed by atoms with E-state index in [1.54, 1.807) is 24.3 Å². The van der Waals surface area contributed by atoms with Crippen molar-refractivity contribution >= 4 is 17.8 Å². The zero-order valence-corrected chi connectivity index (χ0v) is 14.8. The van der Waals surface area contributed by atoms with Crippen LogP contribution in [0.4, 0.5) is 0 Å². The third-order valence-corrected chi connectivity index (χ3v) is 3.93. The highest BCUT2D eigenvalue weighted by atomic mass is 16.6. The molecule has 0 aromatic heterocycles.